The molecule has 13 heteroatoms. The first-order chi connectivity index (χ1) is 10.9. The molecule has 1 amide bonds. The molecule has 0 atom stereocenters. The van der Waals surface area contributed by atoms with Crippen molar-refractivity contribution >= 4 is 28.3 Å². The molecule has 0 fully saturated rings. The molecule has 0 unspecified atom stereocenters. The molecule has 0 aliphatic rings. The van der Waals surface area contributed by atoms with E-state index in [2.05, 4.69) is 0 Å². The third kappa shape index (κ3) is 7.50. The maximum Gasteiger partial charge on any atom is 0.416 e. The molecule has 0 saturated carbocycles. The first-order valence-electron chi connectivity index (χ1n) is 6.39. The summed E-state index contributed by atoms with van der Waals surface area (Å²) >= 11 is 0. The van der Waals surface area contributed by atoms with E-state index >= 15 is 0 Å². The number of halogens is 6. The fourth-order valence-electron chi connectivity index (χ4n) is 1.45. The number of sulfonamides is 1. The normalized spacial score (nSPS) is 12.4. The fourth-order valence-corrected chi connectivity index (χ4v) is 2.47. The van der Waals surface area contributed by atoms with Crippen LogP contribution in [0.15, 0.2) is 29.2 Å². The predicted octanol–water partition coefficient (Wildman–Crippen LogP) is 1.12. The zero-order valence-electron chi connectivity index (χ0n) is 12.4. The van der Waals surface area contributed by atoms with Crippen molar-refractivity contribution < 1.29 is 35.2 Å². The van der Waals surface area contributed by atoms with E-state index in [1.165, 1.54) is 0 Å². The lowest BCUT2D eigenvalue weighted by atomic mass is 10.2. The maximum atomic E-state index is 12.8. The topological polar surface area (TPSA) is 101 Å². The zero-order valence-corrected chi connectivity index (χ0v) is 14.1. The minimum absolute atomic E-state index is 0. The van der Waals surface area contributed by atoms with Crippen molar-refractivity contribution in [3.8, 4) is 0 Å². The van der Waals surface area contributed by atoms with E-state index in [1.807, 2.05) is 0 Å². The highest BCUT2D eigenvalue weighted by Gasteiger charge is 2.32. The molecule has 1 aromatic rings. The van der Waals surface area contributed by atoms with Crippen LogP contribution in [0.5, 0.6) is 0 Å². The van der Waals surface area contributed by atoms with E-state index in [4.69, 9.17) is 5.73 Å². The van der Waals surface area contributed by atoms with Gasteiger partial charge in [-0.2, -0.15) is 13.2 Å². The molecule has 0 aliphatic heterocycles. The number of amides is 1. The number of carbonyl (C=O) groups excluding carboxylic acids is 1. The van der Waals surface area contributed by atoms with Crippen LogP contribution in [-0.2, 0) is 21.0 Å². The van der Waals surface area contributed by atoms with Crippen molar-refractivity contribution in [2.24, 2.45) is 5.73 Å². The van der Waals surface area contributed by atoms with Crippen LogP contribution >= 0.6 is 12.4 Å². The molecule has 0 bridgehead atoms. The van der Waals surface area contributed by atoms with E-state index in [0.29, 0.717) is 12.1 Å². The van der Waals surface area contributed by atoms with Gasteiger partial charge in [0.1, 0.15) is 0 Å². The SMILES string of the molecule is Cl.NCC(F)(F)CNC(=O)CNS(=O)(=O)c1cccc(C(F)(F)F)c1. The minimum Gasteiger partial charge on any atom is -0.349 e. The predicted molar refractivity (Wildman–Crippen MR) is 80.9 cm³/mol. The highest BCUT2D eigenvalue weighted by atomic mass is 35.5. The summed E-state index contributed by atoms with van der Waals surface area (Å²) in [6.45, 7) is -3.02. The van der Waals surface area contributed by atoms with Gasteiger partial charge in [-0.05, 0) is 18.2 Å². The number of carbonyl (C=O) groups is 1. The summed E-state index contributed by atoms with van der Waals surface area (Å²) in [4.78, 5) is 10.6. The van der Waals surface area contributed by atoms with Crippen LogP contribution < -0.4 is 15.8 Å². The second-order valence-corrected chi connectivity index (χ2v) is 6.45. The molecule has 25 heavy (non-hydrogen) atoms. The van der Waals surface area contributed by atoms with Crippen LogP contribution in [0.1, 0.15) is 5.56 Å². The number of nitrogens with one attached hydrogen (secondary N) is 2. The number of hydrogen-bond acceptors (Lipinski definition) is 4. The van der Waals surface area contributed by atoms with Crippen molar-refractivity contribution in [3.05, 3.63) is 29.8 Å². The summed E-state index contributed by atoms with van der Waals surface area (Å²) in [5, 5.41) is 1.76. The maximum absolute atomic E-state index is 12.8. The first-order valence-corrected chi connectivity index (χ1v) is 7.87. The Kier molecular flexibility index (Phi) is 8.21. The molecule has 1 rings (SSSR count). The molecule has 0 heterocycles. The van der Waals surface area contributed by atoms with Gasteiger partial charge in [0.2, 0.25) is 15.9 Å². The Labute approximate surface area is 146 Å². The molecule has 6 nitrogen and oxygen atoms in total. The first kappa shape index (κ1) is 23.5. The molecule has 0 aromatic heterocycles. The van der Waals surface area contributed by atoms with E-state index in [1.54, 1.807) is 10.0 Å². The van der Waals surface area contributed by atoms with Gasteiger partial charge >= 0.3 is 6.18 Å². The van der Waals surface area contributed by atoms with Crippen LogP contribution in [0, 0.1) is 0 Å². The molecular weight excluding hydrogens is 397 g/mol. The quantitative estimate of drug-likeness (QED) is 0.585. The lowest BCUT2D eigenvalue weighted by Crippen LogP contribution is -2.44. The summed E-state index contributed by atoms with van der Waals surface area (Å²) in [6.07, 6.45) is -4.74. The number of rotatable bonds is 7. The van der Waals surface area contributed by atoms with Crippen molar-refractivity contribution in [2.45, 2.75) is 17.0 Å². The van der Waals surface area contributed by atoms with Crippen molar-refractivity contribution in [2.75, 3.05) is 19.6 Å². The lowest BCUT2D eigenvalue weighted by molar-refractivity contribution is -0.137. The Hall–Kier alpha value is -1.50. The highest BCUT2D eigenvalue weighted by Crippen LogP contribution is 2.30. The van der Waals surface area contributed by atoms with E-state index in [-0.39, 0.29) is 12.4 Å². The molecule has 0 radical (unpaired) electrons. The van der Waals surface area contributed by atoms with Gasteiger partial charge in [0.25, 0.3) is 5.92 Å². The van der Waals surface area contributed by atoms with Crippen LogP contribution in [0.25, 0.3) is 0 Å². The molecule has 0 aliphatic carbocycles. The van der Waals surface area contributed by atoms with E-state index in [0.717, 1.165) is 12.1 Å². The Morgan fingerprint density at radius 1 is 1.16 bits per heavy atom. The van der Waals surface area contributed by atoms with Crippen molar-refractivity contribution in [1.29, 1.82) is 0 Å². The molecule has 0 spiro atoms. The summed E-state index contributed by atoms with van der Waals surface area (Å²) < 4.78 is 88.7. The third-order valence-corrected chi connectivity index (χ3v) is 4.14. The third-order valence-electron chi connectivity index (χ3n) is 2.74. The molecule has 0 saturated heterocycles. The van der Waals surface area contributed by atoms with Gasteiger partial charge < -0.3 is 11.1 Å². The Morgan fingerprint density at radius 2 is 1.76 bits per heavy atom. The Balaban J connectivity index is 0.00000576. The van der Waals surface area contributed by atoms with Gasteiger partial charge in [-0.3, -0.25) is 4.79 Å². The van der Waals surface area contributed by atoms with Gasteiger partial charge in [-0.25, -0.2) is 21.9 Å². The summed E-state index contributed by atoms with van der Waals surface area (Å²) in [6, 6.07) is 2.86. The van der Waals surface area contributed by atoms with Gasteiger partial charge in [0.15, 0.2) is 0 Å². The van der Waals surface area contributed by atoms with Gasteiger partial charge in [-0.1, -0.05) is 6.07 Å². The minimum atomic E-state index is -4.74. The summed E-state index contributed by atoms with van der Waals surface area (Å²) in [7, 11) is -4.42. The standard InChI is InChI=1S/C12H14F5N3O3S.ClH/c13-11(14,6-18)7-19-10(21)5-20-24(22,23)9-3-1-2-8(4-9)12(15,16)17;/h1-4,20H,5-7,18H2,(H,19,21);1H. The number of nitrogens with two attached hydrogens (primary N) is 1. The average molecular weight is 412 g/mol. The van der Waals surface area contributed by atoms with Gasteiger partial charge in [-0.15, -0.1) is 12.4 Å². The molecule has 144 valence electrons. The van der Waals surface area contributed by atoms with Crippen molar-refractivity contribution in [3.63, 3.8) is 0 Å². The number of benzene rings is 1. The van der Waals surface area contributed by atoms with E-state index in [9.17, 15) is 35.2 Å². The summed E-state index contributed by atoms with van der Waals surface area (Å²) in [5.41, 5.74) is 3.57. The monoisotopic (exact) mass is 411 g/mol. The van der Waals surface area contributed by atoms with Gasteiger partial charge in [0.05, 0.1) is 30.1 Å². The highest BCUT2D eigenvalue weighted by molar-refractivity contribution is 7.89. The number of alkyl halides is 5. The Bertz CT molecular complexity index is 697. The Morgan fingerprint density at radius 3 is 2.28 bits per heavy atom. The van der Waals surface area contributed by atoms with E-state index < -0.39 is 58.1 Å². The van der Waals surface area contributed by atoms with Crippen LogP contribution in [0.4, 0.5) is 22.0 Å². The van der Waals surface area contributed by atoms with Crippen LogP contribution in [0.3, 0.4) is 0 Å². The number of hydrogen-bond donors (Lipinski definition) is 3. The zero-order chi connectivity index (χ0) is 18.6. The largest absolute Gasteiger partial charge is 0.416 e. The molecule has 4 N–H and O–H groups in total. The average Bonchev–Trinajstić information content (AvgIpc) is 2.50. The second kappa shape index (κ2) is 8.74. The van der Waals surface area contributed by atoms with Crippen LogP contribution in [-0.4, -0.2) is 39.9 Å². The lowest BCUT2D eigenvalue weighted by Gasteiger charge is -2.15. The second-order valence-electron chi connectivity index (χ2n) is 4.69. The smallest absolute Gasteiger partial charge is 0.349 e. The van der Waals surface area contributed by atoms with Gasteiger partial charge in [0, 0.05) is 0 Å². The van der Waals surface area contributed by atoms with Crippen LogP contribution in [0.2, 0.25) is 0 Å². The molecule has 1 aromatic carbocycles. The molecular formula is C12H15ClF5N3O3S. The van der Waals surface area contributed by atoms with Crippen molar-refractivity contribution in [1.82, 2.24) is 10.0 Å². The fraction of sp³-hybridized carbons (Fsp3) is 0.417. The summed E-state index contributed by atoms with van der Waals surface area (Å²) in [5.74, 6) is -4.44.